The van der Waals surface area contributed by atoms with Crippen LogP contribution in [0.2, 0.25) is 5.02 Å². The fraction of sp³-hybridized carbons (Fsp3) is 0.417. The first-order valence-electron chi connectivity index (χ1n) is 6.09. The van der Waals surface area contributed by atoms with Crippen LogP contribution in [0.1, 0.15) is 18.5 Å². The molecule has 5 nitrogen and oxygen atoms in total. The maximum absolute atomic E-state index is 7.59. The monoisotopic (exact) mass is 297 g/mol. The Labute approximate surface area is 122 Å². The summed E-state index contributed by atoms with van der Waals surface area (Å²) in [6.07, 6.45) is 4.53. The average Bonchev–Trinajstić information content (AvgIpc) is 3.15. The van der Waals surface area contributed by atoms with Crippen LogP contribution >= 0.6 is 23.8 Å². The van der Waals surface area contributed by atoms with Gasteiger partial charge in [0.05, 0.1) is 10.7 Å². The zero-order valence-electron chi connectivity index (χ0n) is 10.4. The van der Waals surface area contributed by atoms with Crippen molar-refractivity contribution in [1.82, 2.24) is 15.2 Å². The fourth-order valence-electron chi connectivity index (χ4n) is 1.63. The fourth-order valence-corrected chi connectivity index (χ4v) is 2.20. The second kappa shape index (κ2) is 6.16. The topological polar surface area (TPSA) is 78.0 Å². The lowest BCUT2D eigenvalue weighted by Crippen LogP contribution is -2.48. The lowest BCUT2D eigenvalue weighted by atomic mass is 10.2. The van der Waals surface area contributed by atoms with Crippen molar-refractivity contribution in [1.29, 1.82) is 5.41 Å². The van der Waals surface area contributed by atoms with Crippen molar-refractivity contribution in [3.05, 3.63) is 29.0 Å². The molecule has 0 aliphatic heterocycles. The summed E-state index contributed by atoms with van der Waals surface area (Å²) in [5.41, 5.74) is 6.35. The molecule has 0 atom stereocenters. The maximum atomic E-state index is 7.59. The SMILES string of the molecule is N=C(N)N(CCc1ncccc1Cl)C(=S)NC1CC1. The van der Waals surface area contributed by atoms with Crippen LogP contribution in [-0.2, 0) is 6.42 Å². The van der Waals surface area contributed by atoms with Gasteiger partial charge < -0.3 is 11.1 Å². The molecule has 1 aromatic rings. The predicted molar refractivity (Wildman–Crippen MR) is 80.3 cm³/mol. The molecule has 102 valence electrons. The molecule has 1 aliphatic rings. The summed E-state index contributed by atoms with van der Waals surface area (Å²) in [5, 5.41) is 11.9. The highest BCUT2D eigenvalue weighted by Crippen LogP contribution is 2.19. The van der Waals surface area contributed by atoms with Crippen LogP contribution in [0.25, 0.3) is 0 Å². The first-order chi connectivity index (χ1) is 9.08. The van der Waals surface area contributed by atoms with Crippen molar-refractivity contribution in [3.63, 3.8) is 0 Å². The summed E-state index contributed by atoms with van der Waals surface area (Å²) in [7, 11) is 0. The minimum absolute atomic E-state index is 0.0646. The molecule has 1 aliphatic carbocycles. The lowest BCUT2D eigenvalue weighted by Gasteiger charge is -2.23. The van der Waals surface area contributed by atoms with Crippen molar-refractivity contribution < 1.29 is 0 Å². The summed E-state index contributed by atoms with van der Waals surface area (Å²) < 4.78 is 0. The number of nitrogens with two attached hydrogens (primary N) is 1. The van der Waals surface area contributed by atoms with Gasteiger partial charge in [-0.05, 0) is 37.2 Å². The van der Waals surface area contributed by atoms with Crippen LogP contribution in [0, 0.1) is 5.41 Å². The number of halogens is 1. The van der Waals surface area contributed by atoms with E-state index in [4.69, 9.17) is 35.0 Å². The Kier molecular flexibility index (Phi) is 4.55. The molecule has 0 bridgehead atoms. The largest absolute Gasteiger partial charge is 0.370 e. The van der Waals surface area contributed by atoms with Crippen LogP contribution in [0.15, 0.2) is 18.3 Å². The van der Waals surface area contributed by atoms with E-state index < -0.39 is 0 Å². The minimum Gasteiger partial charge on any atom is -0.370 e. The molecule has 1 heterocycles. The highest BCUT2D eigenvalue weighted by Gasteiger charge is 2.24. The van der Waals surface area contributed by atoms with Gasteiger partial charge in [0.2, 0.25) is 0 Å². The molecule has 0 saturated heterocycles. The summed E-state index contributed by atoms with van der Waals surface area (Å²) in [5.74, 6) is -0.0646. The van der Waals surface area contributed by atoms with Crippen molar-refractivity contribution in [3.8, 4) is 0 Å². The number of nitrogens with one attached hydrogen (secondary N) is 2. The molecule has 0 spiro atoms. The minimum atomic E-state index is -0.0646. The molecule has 1 fully saturated rings. The van der Waals surface area contributed by atoms with E-state index in [1.807, 2.05) is 0 Å². The highest BCUT2D eigenvalue weighted by molar-refractivity contribution is 7.80. The highest BCUT2D eigenvalue weighted by atomic mass is 35.5. The number of aromatic nitrogens is 1. The van der Waals surface area contributed by atoms with E-state index in [2.05, 4.69) is 10.3 Å². The van der Waals surface area contributed by atoms with Crippen LogP contribution in [0.3, 0.4) is 0 Å². The Morgan fingerprint density at radius 3 is 2.95 bits per heavy atom. The number of rotatable bonds is 4. The second-order valence-corrected chi connectivity index (χ2v) is 5.24. The van der Waals surface area contributed by atoms with Gasteiger partial charge in [-0.15, -0.1) is 0 Å². The molecule has 2 rings (SSSR count). The van der Waals surface area contributed by atoms with E-state index in [-0.39, 0.29) is 5.96 Å². The molecule has 1 aromatic heterocycles. The van der Waals surface area contributed by atoms with Gasteiger partial charge in [-0.25, -0.2) is 0 Å². The zero-order valence-corrected chi connectivity index (χ0v) is 12.0. The van der Waals surface area contributed by atoms with E-state index in [1.165, 1.54) is 0 Å². The normalized spacial score (nSPS) is 13.9. The van der Waals surface area contributed by atoms with Gasteiger partial charge in [0, 0.05) is 25.2 Å². The Morgan fingerprint density at radius 2 is 2.37 bits per heavy atom. The third-order valence-corrected chi connectivity index (χ3v) is 3.53. The lowest BCUT2D eigenvalue weighted by molar-refractivity contribution is 0.574. The number of guanidine groups is 1. The number of nitrogens with zero attached hydrogens (tertiary/aromatic N) is 2. The average molecular weight is 298 g/mol. The number of hydrogen-bond donors (Lipinski definition) is 3. The Bertz CT molecular complexity index is 489. The summed E-state index contributed by atoms with van der Waals surface area (Å²) in [6.45, 7) is 0.491. The molecule has 0 radical (unpaired) electrons. The standard InChI is InChI=1S/C12H16ClN5S/c13-9-2-1-6-16-10(9)5-7-18(11(14)15)12(19)17-8-3-4-8/h1-2,6,8H,3-5,7H2,(H3,14,15)(H,17,19). The Hall–Kier alpha value is -1.40. The van der Waals surface area contributed by atoms with Gasteiger partial charge in [0.1, 0.15) is 0 Å². The van der Waals surface area contributed by atoms with Crippen LogP contribution in [-0.4, -0.2) is 33.5 Å². The van der Waals surface area contributed by atoms with Crippen LogP contribution < -0.4 is 11.1 Å². The molecule has 0 aromatic carbocycles. The van der Waals surface area contributed by atoms with E-state index in [0.29, 0.717) is 29.1 Å². The van der Waals surface area contributed by atoms with E-state index in [0.717, 1.165) is 18.5 Å². The zero-order chi connectivity index (χ0) is 13.8. The van der Waals surface area contributed by atoms with Gasteiger partial charge in [0.15, 0.2) is 11.1 Å². The molecule has 0 amide bonds. The smallest absolute Gasteiger partial charge is 0.194 e. The van der Waals surface area contributed by atoms with Crippen molar-refractivity contribution >= 4 is 34.9 Å². The van der Waals surface area contributed by atoms with E-state index in [1.54, 1.807) is 23.2 Å². The van der Waals surface area contributed by atoms with E-state index in [9.17, 15) is 0 Å². The number of pyridine rings is 1. The Balaban J connectivity index is 1.95. The third kappa shape index (κ3) is 4.04. The van der Waals surface area contributed by atoms with Crippen LogP contribution in [0.5, 0.6) is 0 Å². The van der Waals surface area contributed by atoms with Gasteiger partial charge in [-0.2, -0.15) is 0 Å². The molecular weight excluding hydrogens is 282 g/mol. The second-order valence-electron chi connectivity index (χ2n) is 4.44. The van der Waals surface area contributed by atoms with Gasteiger partial charge in [-0.3, -0.25) is 15.3 Å². The summed E-state index contributed by atoms with van der Waals surface area (Å²) in [6, 6.07) is 4.02. The molecule has 4 N–H and O–H groups in total. The number of thiocarbonyl (C=S) groups is 1. The number of hydrogen-bond acceptors (Lipinski definition) is 3. The first kappa shape index (κ1) is 14.0. The summed E-state index contributed by atoms with van der Waals surface area (Å²) in [4.78, 5) is 5.78. The molecule has 1 saturated carbocycles. The van der Waals surface area contributed by atoms with Crippen molar-refractivity contribution in [2.75, 3.05) is 6.54 Å². The third-order valence-electron chi connectivity index (χ3n) is 2.85. The molecule has 0 unspecified atom stereocenters. The van der Waals surface area contributed by atoms with Gasteiger partial charge >= 0.3 is 0 Å². The predicted octanol–water partition coefficient (Wildman–Crippen LogP) is 1.51. The molecular formula is C12H16ClN5S. The quantitative estimate of drug-likeness (QED) is 0.446. The summed E-state index contributed by atoms with van der Waals surface area (Å²) >= 11 is 11.3. The Morgan fingerprint density at radius 1 is 1.63 bits per heavy atom. The molecule has 19 heavy (non-hydrogen) atoms. The molecule has 7 heteroatoms. The first-order valence-corrected chi connectivity index (χ1v) is 6.88. The van der Waals surface area contributed by atoms with Crippen molar-refractivity contribution in [2.24, 2.45) is 5.73 Å². The maximum Gasteiger partial charge on any atom is 0.194 e. The van der Waals surface area contributed by atoms with Crippen molar-refractivity contribution in [2.45, 2.75) is 25.3 Å². The van der Waals surface area contributed by atoms with E-state index >= 15 is 0 Å². The van der Waals surface area contributed by atoms with Gasteiger partial charge in [0.25, 0.3) is 0 Å². The van der Waals surface area contributed by atoms with Gasteiger partial charge in [-0.1, -0.05) is 11.6 Å². The van der Waals surface area contributed by atoms with Crippen LogP contribution in [0.4, 0.5) is 0 Å².